The number of benzene rings is 1. The third-order valence-electron chi connectivity index (χ3n) is 3.21. The zero-order valence-electron chi connectivity index (χ0n) is 12.2. The van der Waals surface area contributed by atoms with Crippen LogP contribution in [0, 0.1) is 24.0 Å². The molecule has 0 radical (unpaired) electrons. The Hall–Kier alpha value is -2.96. The normalized spacial score (nSPS) is 10.3. The van der Waals surface area contributed by atoms with Crippen molar-refractivity contribution in [2.24, 2.45) is 0 Å². The Morgan fingerprint density at radius 1 is 1.18 bits per heavy atom. The molecule has 1 heterocycles. The van der Waals surface area contributed by atoms with Crippen LogP contribution in [-0.4, -0.2) is 15.4 Å². The van der Waals surface area contributed by atoms with Crippen LogP contribution in [0.2, 0.25) is 0 Å². The summed E-state index contributed by atoms with van der Waals surface area (Å²) in [5, 5.41) is 13.4. The molecule has 1 amide bonds. The zero-order valence-corrected chi connectivity index (χ0v) is 12.2. The predicted molar refractivity (Wildman–Crippen MR) is 81.9 cm³/mol. The van der Waals surface area contributed by atoms with Gasteiger partial charge in [0, 0.05) is 17.4 Å². The lowest BCUT2D eigenvalue weighted by molar-refractivity contribution is -0.386. The zero-order chi connectivity index (χ0) is 16.3. The fourth-order valence-corrected chi connectivity index (χ4v) is 1.98. The first-order valence-corrected chi connectivity index (χ1v) is 6.60. The Morgan fingerprint density at radius 2 is 1.82 bits per heavy atom. The van der Waals surface area contributed by atoms with Crippen LogP contribution in [0.25, 0.3) is 0 Å². The molecule has 0 aliphatic carbocycles. The average molecular weight is 301 g/mol. The highest BCUT2D eigenvalue weighted by Crippen LogP contribution is 2.09. The Balaban J connectivity index is 2.21. The van der Waals surface area contributed by atoms with Crippen molar-refractivity contribution in [2.45, 2.75) is 20.4 Å². The fourth-order valence-electron chi connectivity index (χ4n) is 1.98. The number of hydrogen-bond donors (Lipinski definition) is 1. The average Bonchev–Trinajstić information content (AvgIpc) is 2.45. The molecule has 0 spiro atoms. The lowest BCUT2D eigenvalue weighted by Crippen LogP contribution is -2.30. The number of nitrogens with one attached hydrogen (secondary N) is 1. The molecule has 0 bridgehead atoms. The first-order valence-electron chi connectivity index (χ1n) is 6.60. The van der Waals surface area contributed by atoms with Gasteiger partial charge in [0.25, 0.3) is 0 Å². The highest BCUT2D eigenvalue weighted by Gasteiger charge is 2.17. The van der Waals surface area contributed by atoms with Crippen molar-refractivity contribution in [3.8, 4) is 0 Å². The van der Waals surface area contributed by atoms with E-state index in [2.05, 4.69) is 5.32 Å². The van der Waals surface area contributed by atoms with Gasteiger partial charge in [-0.1, -0.05) is 17.7 Å². The summed E-state index contributed by atoms with van der Waals surface area (Å²) in [6, 6.07) is 9.78. The molecular weight excluding hydrogens is 286 g/mol. The summed E-state index contributed by atoms with van der Waals surface area (Å²) in [4.78, 5) is 34.0. The maximum absolute atomic E-state index is 12.0. The van der Waals surface area contributed by atoms with E-state index in [1.54, 1.807) is 19.1 Å². The number of amides is 1. The van der Waals surface area contributed by atoms with Crippen LogP contribution in [0.5, 0.6) is 0 Å². The van der Waals surface area contributed by atoms with Gasteiger partial charge >= 0.3 is 11.2 Å². The van der Waals surface area contributed by atoms with Gasteiger partial charge in [0.1, 0.15) is 6.54 Å². The summed E-state index contributed by atoms with van der Waals surface area (Å²) in [6.07, 6.45) is 0. The van der Waals surface area contributed by atoms with Crippen LogP contribution in [0.4, 0.5) is 11.4 Å². The van der Waals surface area contributed by atoms with E-state index in [-0.39, 0.29) is 6.54 Å². The maximum Gasteiger partial charge on any atom is 0.334 e. The lowest BCUT2D eigenvalue weighted by Gasteiger charge is -2.10. The van der Waals surface area contributed by atoms with Crippen molar-refractivity contribution in [2.75, 3.05) is 5.32 Å². The minimum absolute atomic E-state index is 0.278. The molecule has 2 aromatic rings. The number of nitrogens with zero attached hydrogens (tertiary/aromatic N) is 2. The van der Waals surface area contributed by atoms with Crippen LogP contribution < -0.4 is 10.9 Å². The van der Waals surface area contributed by atoms with E-state index in [0.29, 0.717) is 11.4 Å². The third kappa shape index (κ3) is 3.38. The lowest BCUT2D eigenvalue weighted by atomic mass is 10.2. The van der Waals surface area contributed by atoms with Crippen LogP contribution in [0.1, 0.15) is 11.3 Å². The minimum atomic E-state index is -0.788. The SMILES string of the molecule is Cc1ccc(NC(=O)Cn2c(C)ccc([N+](=O)[O-])c2=O)cc1. The van der Waals surface area contributed by atoms with E-state index >= 15 is 0 Å². The monoisotopic (exact) mass is 301 g/mol. The second-order valence-corrected chi connectivity index (χ2v) is 4.92. The second-order valence-electron chi connectivity index (χ2n) is 4.92. The smallest absolute Gasteiger partial charge is 0.325 e. The fraction of sp³-hybridized carbons (Fsp3) is 0.200. The predicted octanol–water partition coefficient (Wildman–Crippen LogP) is 2.01. The van der Waals surface area contributed by atoms with Crippen molar-refractivity contribution in [3.05, 3.63) is 68.1 Å². The van der Waals surface area contributed by atoms with E-state index < -0.39 is 22.1 Å². The summed E-state index contributed by atoms with van der Waals surface area (Å²) in [5.41, 5.74) is 0.808. The van der Waals surface area contributed by atoms with E-state index in [4.69, 9.17) is 0 Å². The molecule has 7 nitrogen and oxygen atoms in total. The third-order valence-corrected chi connectivity index (χ3v) is 3.21. The number of carbonyl (C=O) groups excluding carboxylic acids is 1. The van der Waals surface area contributed by atoms with E-state index in [9.17, 15) is 19.7 Å². The van der Waals surface area contributed by atoms with Crippen LogP contribution in [-0.2, 0) is 11.3 Å². The summed E-state index contributed by atoms with van der Waals surface area (Å²) < 4.78 is 1.08. The molecule has 1 aromatic heterocycles. The van der Waals surface area contributed by atoms with E-state index in [1.165, 1.54) is 6.07 Å². The van der Waals surface area contributed by atoms with Crippen molar-refractivity contribution >= 4 is 17.3 Å². The van der Waals surface area contributed by atoms with Gasteiger partial charge in [0.2, 0.25) is 5.91 Å². The minimum Gasteiger partial charge on any atom is -0.325 e. The summed E-state index contributed by atoms with van der Waals surface area (Å²) in [5.74, 6) is -0.422. The van der Waals surface area contributed by atoms with Gasteiger partial charge in [-0.3, -0.25) is 24.3 Å². The first kappa shape index (κ1) is 15.4. The Labute approximate surface area is 126 Å². The van der Waals surface area contributed by atoms with Crippen LogP contribution >= 0.6 is 0 Å². The number of anilines is 1. The number of aromatic nitrogens is 1. The number of aryl methyl sites for hydroxylation is 2. The molecule has 0 atom stereocenters. The Bertz CT molecular complexity index is 778. The molecule has 1 N–H and O–H groups in total. The number of carbonyl (C=O) groups is 1. The highest BCUT2D eigenvalue weighted by atomic mass is 16.6. The van der Waals surface area contributed by atoms with Crippen molar-refractivity contribution < 1.29 is 9.72 Å². The van der Waals surface area contributed by atoms with Gasteiger partial charge in [-0.25, -0.2) is 0 Å². The Kier molecular flexibility index (Phi) is 4.36. The molecule has 0 fully saturated rings. The molecule has 7 heteroatoms. The molecule has 0 aliphatic heterocycles. The molecule has 114 valence electrons. The number of rotatable bonds is 4. The molecule has 22 heavy (non-hydrogen) atoms. The van der Waals surface area contributed by atoms with E-state index in [0.717, 1.165) is 16.2 Å². The van der Waals surface area contributed by atoms with Gasteiger partial charge in [-0.15, -0.1) is 0 Å². The number of pyridine rings is 1. The standard InChI is InChI=1S/C15H15N3O4/c1-10-3-6-12(7-4-10)16-14(19)9-17-11(2)5-8-13(15(17)20)18(21)22/h3-8H,9H2,1-2H3,(H,16,19). The number of hydrogen-bond acceptors (Lipinski definition) is 4. The van der Waals surface area contributed by atoms with Gasteiger partial charge in [0.05, 0.1) is 4.92 Å². The summed E-state index contributed by atoms with van der Waals surface area (Å²) >= 11 is 0. The summed E-state index contributed by atoms with van der Waals surface area (Å²) in [7, 11) is 0. The molecule has 0 unspecified atom stereocenters. The summed E-state index contributed by atoms with van der Waals surface area (Å²) in [6.45, 7) is 3.27. The molecule has 0 saturated heterocycles. The second kappa shape index (κ2) is 6.21. The number of nitro groups is 1. The molecule has 2 rings (SSSR count). The molecular formula is C15H15N3O4. The molecule has 0 aliphatic rings. The highest BCUT2D eigenvalue weighted by molar-refractivity contribution is 5.90. The van der Waals surface area contributed by atoms with Crippen LogP contribution in [0.3, 0.4) is 0 Å². The quantitative estimate of drug-likeness (QED) is 0.690. The van der Waals surface area contributed by atoms with E-state index in [1.807, 2.05) is 19.1 Å². The van der Waals surface area contributed by atoms with Gasteiger partial charge in [0.15, 0.2) is 0 Å². The topological polar surface area (TPSA) is 94.2 Å². The van der Waals surface area contributed by atoms with Gasteiger partial charge in [-0.2, -0.15) is 0 Å². The van der Waals surface area contributed by atoms with Crippen molar-refractivity contribution in [1.29, 1.82) is 0 Å². The van der Waals surface area contributed by atoms with Gasteiger partial charge in [-0.05, 0) is 32.0 Å². The first-order chi connectivity index (χ1) is 10.4. The molecule has 1 aromatic carbocycles. The largest absolute Gasteiger partial charge is 0.334 e. The van der Waals surface area contributed by atoms with Gasteiger partial charge < -0.3 is 5.32 Å². The Morgan fingerprint density at radius 3 is 2.41 bits per heavy atom. The molecule has 0 saturated carbocycles. The van der Waals surface area contributed by atoms with Crippen molar-refractivity contribution in [1.82, 2.24) is 4.57 Å². The van der Waals surface area contributed by atoms with Crippen LogP contribution in [0.15, 0.2) is 41.2 Å². The van der Waals surface area contributed by atoms with Crippen molar-refractivity contribution in [3.63, 3.8) is 0 Å². The maximum atomic E-state index is 12.0.